The molecule has 0 atom stereocenters. The highest BCUT2D eigenvalue weighted by molar-refractivity contribution is 6.03. The van der Waals surface area contributed by atoms with Crippen LogP contribution in [0, 0.1) is 0 Å². The third-order valence-electron chi connectivity index (χ3n) is 2.43. The lowest BCUT2D eigenvalue weighted by atomic mass is 10.2. The Hall–Kier alpha value is -2.63. The van der Waals surface area contributed by atoms with Gasteiger partial charge in [-0.15, -0.1) is 0 Å². The molecule has 2 aromatic rings. The molecule has 1 amide bonds. The molecule has 1 aromatic heterocycles. The average molecular weight is 244 g/mol. The van der Waals surface area contributed by atoms with Gasteiger partial charge in [-0.05, 0) is 23.8 Å². The summed E-state index contributed by atoms with van der Waals surface area (Å²) in [4.78, 5) is 22.4. The van der Waals surface area contributed by atoms with E-state index < -0.39 is 5.97 Å². The van der Waals surface area contributed by atoms with Crippen LogP contribution in [0.1, 0.15) is 20.8 Å². The molecule has 0 aliphatic rings. The van der Waals surface area contributed by atoms with E-state index >= 15 is 0 Å². The van der Waals surface area contributed by atoms with E-state index in [1.807, 2.05) is 0 Å². The van der Waals surface area contributed by atoms with Crippen molar-refractivity contribution < 1.29 is 14.7 Å². The Morgan fingerprint density at radius 2 is 1.89 bits per heavy atom. The number of hydrogen-bond donors (Lipinski definition) is 1. The van der Waals surface area contributed by atoms with Gasteiger partial charge >= 0.3 is 0 Å². The molecule has 1 heterocycles. The topological polar surface area (TPSA) is 87.0 Å². The van der Waals surface area contributed by atoms with Crippen LogP contribution < -0.4 is 10.4 Å². The maximum atomic E-state index is 11.8. The van der Waals surface area contributed by atoms with E-state index in [9.17, 15) is 14.7 Å². The van der Waals surface area contributed by atoms with Crippen LogP contribution in [0.25, 0.3) is 0 Å². The zero-order valence-corrected chi connectivity index (χ0v) is 9.58. The lowest BCUT2D eigenvalue weighted by Gasteiger charge is -2.07. The molecule has 18 heavy (non-hydrogen) atoms. The highest BCUT2D eigenvalue weighted by atomic mass is 16.4. The minimum absolute atomic E-state index is 0.0635. The van der Waals surface area contributed by atoms with Crippen molar-refractivity contribution in [1.29, 1.82) is 0 Å². The number of benzene rings is 1. The number of aromatic carboxylic acids is 1. The lowest BCUT2D eigenvalue weighted by molar-refractivity contribution is -0.255. The van der Waals surface area contributed by atoms with Gasteiger partial charge in [-0.3, -0.25) is 9.48 Å². The Labute approximate surface area is 103 Å². The van der Waals surface area contributed by atoms with E-state index in [4.69, 9.17) is 0 Å². The number of aromatic nitrogens is 2. The molecular weight excluding hydrogens is 234 g/mol. The first-order valence-corrected chi connectivity index (χ1v) is 5.18. The highest BCUT2D eigenvalue weighted by Crippen LogP contribution is 2.10. The second kappa shape index (κ2) is 4.70. The maximum Gasteiger partial charge on any atom is 0.273 e. The van der Waals surface area contributed by atoms with Crippen molar-refractivity contribution in [3.63, 3.8) is 0 Å². The van der Waals surface area contributed by atoms with Crippen LogP contribution in [0.2, 0.25) is 0 Å². The summed E-state index contributed by atoms with van der Waals surface area (Å²) in [5, 5.41) is 17.1. The number of aryl methyl sites for hydroxylation is 1. The van der Waals surface area contributed by atoms with Crippen LogP contribution in [0.4, 0.5) is 5.69 Å². The minimum atomic E-state index is -1.25. The quantitative estimate of drug-likeness (QED) is 0.825. The fraction of sp³-hybridized carbons (Fsp3) is 0.0833. The van der Waals surface area contributed by atoms with Crippen LogP contribution in [-0.2, 0) is 7.05 Å². The number of anilines is 1. The smallest absolute Gasteiger partial charge is 0.273 e. The monoisotopic (exact) mass is 244 g/mol. The van der Waals surface area contributed by atoms with Crippen molar-refractivity contribution >= 4 is 17.6 Å². The lowest BCUT2D eigenvalue weighted by Crippen LogP contribution is -2.22. The van der Waals surface area contributed by atoms with Crippen molar-refractivity contribution in [3.8, 4) is 0 Å². The van der Waals surface area contributed by atoms with Gasteiger partial charge in [-0.25, -0.2) is 0 Å². The summed E-state index contributed by atoms with van der Waals surface area (Å²) in [6.07, 6.45) is 1.52. The first-order chi connectivity index (χ1) is 8.58. The molecule has 0 aliphatic carbocycles. The van der Waals surface area contributed by atoms with Crippen LogP contribution in [0.3, 0.4) is 0 Å². The van der Waals surface area contributed by atoms with E-state index in [1.165, 1.54) is 35.1 Å². The van der Waals surface area contributed by atoms with Crippen molar-refractivity contribution in [2.45, 2.75) is 0 Å². The van der Waals surface area contributed by atoms with Gasteiger partial charge in [0.25, 0.3) is 5.91 Å². The summed E-state index contributed by atoms with van der Waals surface area (Å²) >= 11 is 0. The number of amides is 1. The number of hydrogen-bond acceptors (Lipinski definition) is 4. The second-order valence-electron chi connectivity index (χ2n) is 3.66. The van der Waals surface area contributed by atoms with Crippen molar-refractivity contribution in [3.05, 3.63) is 47.8 Å². The third-order valence-corrected chi connectivity index (χ3v) is 2.43. The van der Waals surface area contributed by atoms with Crippen molar-refractivity contribution in [2.75, 3.05) is 5.32 Å². The number of nitrogens with zero attached hydrogens (tertiary/aromatic N) is 2. The largest absolute Gasteiger partial charge is 0.545 e. The summed E-state index contributed by atoms with van der Waals surface area (Å²) in [5.74, 6) is -1.56. The number of rotatable bonds is 3. The molecule has 0 radical (unpaired) electrons. The molecule has 1 aromatic carbocycles. The van der Waals surface area contributed by atoms with Gasteiger partial charge in [0, 0.05) is 18.9 Å². The second-order valence-corrected chi connectivity index (χ2v) is 3.66. The number of carboxylic acid groups (broad SMARTS) is 1. The molecule has 6 nitrogen and oxygen atoms in total. The minimum Gasteiger partial charge on any atom is -0.545 e. The van der Waals surface area contributed by atoms with Gasteiger partial charge in [0.15, 0.2) is 0 Å². The molecule has 1 N–H and O–H groups in total. The molecule has 0 spiro atoms. The Kier molecular flexibility index (Phi) is 3.09. The normalized spacial score (nSPS) is 10.1. The number of carboxylic acids is 1. The van der Waals surface area contributed by atoms with Gasteiger partial charge in [-0.1, -0.05) is 12.1 Å². The van der Waals surface area contributed by atoms with Crippen LogP contribution in [0.15, 0.2) is 36.5 Å². The molecule has 0 aliphatic heterocycles. The zero-order valence-electron chi connectivity index (χ0n) is 9.58. The fourth-order valence-electron chi connectivity index (χ4n) is 1.48. The predicted molar refractivity (Wildman–Crippen MR) is 61.9 cm³/mol. The molecule has 0 saturated carbocycles. The van der Waals surface area contributed by atoms with E-state index in [2.05, 4.69) is 10.4 Å². The van der Waals surface area contributed by atoms with Gasteiger partial charge in [0.05, 0.1) is 5.97 Å². The molecule has 2 rings (SSSR count). The molecule has 92 valence electrons. The standard InChI is InChI=1S/C12H11N3O3/c1-15-10(6-7-13-15)11(16)14-9-4-2-8(3-5-9)12(17)18/h2-7H,1H3,(H,14,16)(H,17,18)/p-1. The molecule has 0 bridgehead atoms. The van der Waals surface area contributed by atoms with Gasteiger partial charge in [0.1, 0.15) is 5.69 Å². The van der Waals surface area contributed by atoms with Crippen molar-refractivity contribution in [2.24, 2.45) is 7.05 Å². The Bertz CT molecular complexity index is 587. The van der Waals surface area contributed by atoms with Crippen LogP contribution >= 0.6 is 0 Å². The summed E-state index contributed by atoms with van der Waals surface area (Å²) in [6.45, 7) is 0. The number of carbonyl (C=O) groups excluding carboxylic acids is 2. The van der Waals surface area contributed by atoms with Gasteiger partial charge < -0.3 is 15.2 Å². The summed E-state index contributed by atoms with van der Waals surface area (Å²) in [6, 6.07) is 7.33. The molecular formula is C12H10N3O3-. The summed E-state index contributed by atoms with van der Waals surface area (Å²) in [7, 11) is 1.66. The zero-order chi connectivity index (χ0) is 13.1. The Morgan fingerprint density at radius 1 is 1.22 bits per heavy atom. The van der Waals surface area contributed by atoms with E-state index in [1.54, 1.807) is 13.1 Å². The predicted octanol–water partition coefficient (Wildman–Crippen LogP) is 0.0359. The van der Waals surface area contributed by atoms with Crippen molar-refractivity contribution in [1.82, 2.24) is 9.78 Å². The van der Waals surface area contributed by atoms with E-state index in [-0.39, 0.29) is 11.5 Å². The first-order valence-electron chi connectivity index (χ1n) is 5.18. The van der Waals surface area contributed by atoms with Gasteiger partial charge in [0.2, 0.25) is 0 Å². The molecule has 0 unspecified atom stereocenters. The molecule has 6 heteroatoms. The van der Waals surface area contributed by atoms with E-state index in [0.717, 1.165) is 0 Å². The molecule has 0 fully saturated rings. The summed E-state index contributed by atoms with van der Waals surface area (Å²) in [5.41, 5.74) is 0.985. The van der Waals surface area contributed by atoms with E-state index in [0.29, 0.717) is 11.4 Å². The SMILES string of the molecule is Cn1nccc1C(=O)Nc1ccc(C(=O)[O-])cc1. The Balaban J connectivity index is 2.13. The van der Waals surface area contributed by atoms with Gasteiger partial charge in [-0.2, -0.15) is 5.10 Å². The highest BCUT2D eigenvalue weighted by Gasteiger charge is 2.09. The van der Waals surface area contributed by atoms with Crippen LogP contribution in [0.5, 0.6) is 0 Å². The maximum absolute atomic E-state index is 11.8. The average Bonchev–Trinajstić information content (AvgIpc) is 2.76. The molecule has 0 saturated heterocycles. The first kappa shape index (κ1) is 11.8. The summed E-state index contributed by atoms with van der Waals surface area (Å²) < 4.78 is 1.45. The Morgan fingerprint density at radius 3 is 2.39 bits per heavy atom. The number of carbonyl (C=O) groups is 2. The number of nitrogens with one attached hydrogen (secondary N) is 1. The fourth-order valence-corrected chi connectivity index (χ4v) is 1.48. The van der Waals surface area contributed by atoms with Crippen LogP contribution in [-0.4, -0.2) is 21.7 Å². The third kappa shape index (κ3) is 2.37.